The van der Waals surface area contributed by atoms with Crippen LogP contribution in [0.4, 0.5) is 0 Å². The third kappa shape index (κ3) is 4.04. The van der Waals surface area contributed by atoms with E-state index in [2.05, 4.69) is 5.32 Å². The summed E-state index contributed by atoms with van der Waals surface area (Å²) in [6.07, 6.45) is 0.303. The molecule has 1 amide bonds. The van der Waals surface area contributed by atoms with Crippen molar-refractivity contribution in [2.75, 3.05) is 18.1 Å². The van der Waals surface area contributed by atoms with E-state index >= 15 is 0 Å². The zero-order valence-corrected chi connectivity index (χ0v) is 12.2. The first-order chi connectivity index (χ1) is 9.89. The van der Waals surface area contributed by atoms with Crippen molar-refractivity contribution in [2.24, 2.45) is 5.92 Å². The lowest BCUT2D eigenvalue weighted by Gasteiger charge is -2.15. The number of sulfone groups is 1. The minimum atomic E-state index is -3.12. The van der Waals surface area contributed by atoms with Crippen LogP contribution in [0.25, 0.3) is 0 Å². The maximum Gasteiger partial charge on any atom is 0.312 e. The van der Waals surface area contributed by atoms with E-state index < -0.39 is 33.5 Å². The SMILES string of the molecule is O=C(NCC(C(=O)O)c1ccccc1)C1CCS(=O)(=O)C1. The van der Waals surface area contributed by atoms with Crippen LogP contribution in [0.5, 0.6) is 0 Å². The predicted octanol–water partition coefficient (Wildman–Crippen LogP) is 0.406. The molecule has 1 saturated heterocycles. The number of carbonyl (C=O) groups excluding carboxylic acids is 1. The number of carboxylic acids is 1. The fraction of sp³-hybridized carbons (Fsp3) is 0.429. The summed E-state index contributed by atoms with van der Waals surface area (Å²) in [4.78, 5) is 23.2. The van der Waals surface area contributed by atoms with Crippen molar-refractivity contribution in [3.8, 4) is 0 Å². The largest absolute Gasteiger partial charge is 0.481 e. The molecule has 7 heteroatoms. The molecule has 1 aromatic rings. The van der Waals surface area contributed by atoms with E-state index in [0.717, 1.165) is 0 Å². The molecule has 0 aromatic heterocycles. The number of benzene rings is 1. The van der Waals surface area contributed by atoms with Gasteiger partial charge in [-0.2, -0.15) is 0 Å². The monoisotopic (exact) mass is 311 g/mol. The lowest BCUT2D eigenvalue weighted by Crippen LogP contribution is -2.36. The van der Waals surface area contributed by atoms with Gasteiger partial charge in [0.05, 0.1) is 23.3 Å². The van der Waals surface area contributed by atoms with Gasteiger partial charge in [0.2, 0.25) is 5.91 Å². The minimum Gasteiger partial charge on any atom is -0.481 e. The zero-order valence-electron chi connectivity index (χ0n) is 11.4. The van der Waals surface area contributed by atoms with E-state index in [9.17, 15) is 23.1 Å². The molecule has 21 heavy (non-hydrogen) atoms. The zero-order chi connectivity index (χ0) is 15.5. The van der Waals surface area contributed by atoms with Crippen LogP contribution >= 0.6 is 0 Å². The molecule has 2 rings (SSSR count). The molecule has 1 aliphatic rings. The average Bonchev–Trinajstić information content (AvgIpc) is 2.80. The van der Waals surface area contributed by atoms with Gasteiger partial charge in [0.15, 0.2) is 9.84 Å². The van der Waals surface area contributed by atoms with Gasteiger partial charge in [-0.3, -0.25) is 9.59 Å². The highest BCUT2D eigenvalue weighted by molar-refractivity contribution is 7.91. The predicted molar refractivity (Wildman–Crippen MR) is 76.6 cm³/mol. The van der Waals surface area contributed by atoms with Crippen LogP contribution in [-0.4, -0.2) is 43.5 Å². The summed E-state index contributed by atoms with van der Waals surface area (Å²) in [6.45, 7) is -0.0469. The van der Waals surface area contributed by atoms with Gasteiger partial charge in [-0.25, -0.2) is 8.42 Å². The third-order valence-electron chi connectivity index (χ3n) is 3.58. The van der Waals surface area contributed by atoms with Crippen LogP contribution in [0, 0.1) is 5.92 Å². The number of nitrogens with one attached hydrogen (secondary N) is 1. The minimum absolute atomic E-state index is 0.0200. The summed E-state index contributed by atoms with van der Waals surface area (Å²) in [5, 5.41) is 11.8. The summed E-state index contributed by atoms with van der Waals surface area (Å²) < 4.78 is 22.7. The second kappa shape index (κ2) is 6.26. The first-order valence-corrected chi connectivity index (χ1v) is 8.47. The highest BCUT2D eigenvalue weighted by Gasteiger charge is 2.33. The van der Waals surface area contributed by atoms with Crippen LogP contribution < -0.4 is 5.32 Å². The van der Waals surface area contributed by atoms with E-state index in [-0.39, 0.29) is 18.1 Å². The first-order valence-electron chi connectivity index (χ1n) is 6.65. The van der Waals surface area contributed by atoms with Gasteiger partial charge in [-0.1, -0.05) is 30.3 Å². The molecule has 1 heterocycles. The van der Waals surface area contributed by atoms with Gasteiger partial charge >= 0.3 is 5.97 Å². The molecule has 0 radical (unpaired) electrons. The van der Waals surface area contributed by atoms with Gasteiger partial charge < -0.3 is 10.4 Å². The van der Waals surface area contributed by atoms with Crippen LogP contribution in [-0.2, 0) is 19.4 Å². The number of hydrogen-bond acceptors (Lipinski definition) is 4. The second-order valence-corrected chi connectivity index (χ2v) is 7.38. The van der Waals surface area contributed by atoms with Gasteiger partial charge in [0.1, 0.15) is 0 Å². The topological polar surface area (TPSA) is 101 Å². The van der Waals surface area contributed by atoms with Gasteiger partial charge in [-0.15, -0.1) is 0 Å². The molecule has 6 nitrogen and oxygen atoms in total. The van der Waals surface area contributed by atoms with Gasteiger partial charge in [-0.05, 0) is 12.0 Å². The number of carbonyl (C=O) groups is 2. The maximum absolute atomic E-state index is 11.9. The summed E-state index contributed by atoms with van der Waals surface area (Å²) in [5.74, 6) is -2.96. The molecule has 0 aliphatic carbocycles. The van der Waals surface area contributed by atoms with Crippen molar-refractivity contribution < 1.29 is 23.1 Å². The molecular weight excluding hydrogens is 294 g/mol. The molecule has 1 fully saturated rings. The van der Waals surface area contributed by atoms with Crippen LogP contribution in [0.2, 0.25) is 0 Å². The molecule has 2 atom stereocenters. The molecule has 0 saturated carbocycles. The first kappa shape index (κ1) is 15.5. The van der Waals surface area contributed by atoms with Gasteiger partial charge in [0, 0.05) is 6.54 Å². The molecule has 0 spiro atoms. The van der Waals surface area contributed by atoms with Gasteiger partial charge in [0.25, 0.3) is 0 Å². The molecule has 2 N–H and O–H groups in total. The number of amides is 1. The van der Waals surface area contributed by atoms with E-state index in [1.54, 1.807) is 30.3 Å². The van der Waals surface area contributed by atoms with Crippen molar-refractivity contribution in [2.45, 2.75) is 12.3 Å². The van der Waals surface area contributed by atoms with E-state index in [1.165, 1.54) is 0 Å². The number of rotatable bonds is 5. The molecule has 1 aromatic carbocycles. The second-order valence-electron chi connectivity index (χ2n) is 5.15. The van der Waals surface area contributed by atoms with E-state index in [0.29, 0.717) is 12.0 Å². The molecule has 1 aliphatic heterocycles. The molecule has 114 valence electrons. The Morgan fingerprint density at radius 2 is 1.95 bits per heavy atom. The summed E-state index contributed by atoms with van der Waals surface area (Å²) in [5.41, 5.74) is 0.601. The Morgan fingerprint density at radius 1 is 1.29 bits per heavy atom. The number of hydrogen-bond donors (Lipinski definition) is 2. The smallest absolute Gasteiger partial charge is 0.312 e. The van der Waals surface area contributed by atoms with E-state index in [4.69, 9.17) is 0 Å². The number of carboxylic acid groups (broad SMARTS) is 1. The van der Waals surface area contributed by atoms with E-state index in [1.807, 2.05) is 0 Å². The maximum atomic E-state index is 11.9. The lowest BCUT2D eigenvalue weighted by molar-refractivity contribution is -0.138. The highest BCUT2D eigenvalue weighted by atomic mass is 32.2. The fourth-order valence-corrected chi connectivity index (χ4v) is 4.12. The van der Waals surface area contributed by atoms with Crippen molar-refractivity contribution in [3.63, 3.8) is 0 Å². The standard InChI is InChI=1S/C14H17NO5S/c16-13(11-6-7-21(19,20)9-11)15-8-12(14(17)18)10-4-2-1-3-5-10/h1-5,11-12H,6-9H2,(H,15,16)(H,17,18). The van der Waals surface area contributed by atoms with Crippen molar-refractivity contribution >= 4 is 21.7 Å². The molecule has 0 bridgehead atoms. The van der Waals surface area contributed by atoms with Crippen LogP contribution in [0.3, 0.4) is 0 Å². The Balaban J connectivity index is 1.97. The Kier molecular flexibility index (Phi) is 4.62. The van der Waals surface area contributed by atoms with Crippen molar-refractivity contribution in [1.82, 2.24) is 5.32 Å². The molecule has 2 unspecified atom stereocenters. The van der Waals surface area contributed by atoms with Crippen molar-refractivity contribution in [1.29, 1.82) is 0 Å². The van der Waals surface area contributed by atoms with Crippen molar-refractivity contribution in [3.05, 3.63) is 35.9 Å². The average molecular weight is 311 g/mol. The Labute approximate surface area is 123 Å². The summed E-state index contributed by atoms with van der Waals surface area (Å²) in [6, 6.07) is 8.62. The number of aliphatic carboxylic acids is 1. The highest BCUT2D eigenvalue weighted by Crippen LogP contribution is 2.19. The fourth-order valence-electron chi connectivity index (χ4n) is 2.38. The Bertz CT molecular complexity index is 626. The Hall–Kier alpha value is -1.89. The molecular formula is C14H17NO5S. The third-order valence-corrected chi connectivity index (χ3v) is 5.35. The summed E-state index contributed by atoms with van der Waals surface area (Å²) >= 11 is 0. The Morgan fingerprint density at radius 3 is 2.48 bits per heavy atom. The normalized spacial score (nSPS) is 21.6. The summed E-state index contributed by atoms with van der Waals surface area (Å²) in [7, 11) is -3.12. The van der Waals surface area contributed by atoms with Crippen LogP contribution in [0.1, 0.15) is 17.9 Å². The quantitative estimate of drug-likeness (QED) is 0.820. The van der Waals surface area contributed by atoms with Crippen LogP contribution in [0.15, 0.2) is 30.3 Å². The lowest BCUT2D eigenvalue weighted by atomic mass is 9.99.